The zero-order valence-electron chi connectivity index (χ0n) is 11.6. The van der Waals surface area contributed by atoms with Crippen molar-refractivity contribution in [2.45, 2.75) is 25.2 Å². The van der Waals surface area contributed by atoms with Gasteiger partial charge in [-0.2, -0.15) is 8.42 Å². The van der Waals surface area contributed by atoms with E-state index in [2.05, 4.69) is 0 Å². The van der Waals surface area contributed by atoms with E-state index in [1.807, 2.05) is 13.8 Å². The smallest absolute Gasteiger partial charge is 0.298 e. The summed E-state index contributed by atoms with van der Waals surface area (Å²) in [5.41, 5.74) is 1.63. The van der Waals surface area contributed by atoms with Crippen molar-refractivity contribution in [1.29, 1.82) is 0 Å². The highest BCUT2D eigenvalue weighted by molar-refractivity contribution is 7.86. The third kappa shape index (κ3) is 4.45. The van der Waals surface area contributed by atoms with Crippen molar-refractivity contribution in [3.63, 3.8) is 0 Å². The van der Waals surface area contributed by atoms with E-state index in [9.17, 15) is 13.0 Å². The fraction of sp³-hybridized carbons (Fsp3) is 0.538. The maximum atomic E-state index is 11.4. The molecule has 0 aliphatic heterocycles. The first-order valence-electron chi connectivity index (χ1n) is 6.33. The van der Waals surface area contributed by atoms with Crippen LogP contribution in [0.3, 0.4) is 0 Å². The average molecular weight is 304 g/mol. The zero-order valence-corrected chi connectivity index (χ0v) is 12.4. The summed E-state index contributed by atoms with van der Waals surface area (Å²) in [6.07, 6.45) is 0.585. The predicted molar refractivity (Wildman–Crippen MR) is 73.8 cm³/mol. The van der Waals surface area contributed by atoms with Gasteiger partial charge in [-0.15, -0.1) is 0 Å². The summed E-state index contributed by atoms with van der Waals surface area (Å²) in [6.45, 7) is 4.21. The summed E-state index contributed by atoms with van der Waals surface area (Å²) in [6, 6.07) is 2.96. The number of hydrogen-bond donors (Lipinski definition) is 2. The Morgan fingerprint density at radius 3 is 2.45 bits per heavy atom. The molecule has 1 aromatic carbocycles. The predicted octanol–water partition coefficient (Wildman–Crippen LogP) is 1.19. The monoisotopic (exact) mass is 304 g/mol. The number of rotatable bonds is 8. The lowest BCUT2D eigenvalue weighted by molar-refractivity contribution is 0.0696. The highest BCUT2D eigenvalue weighted by Gasteiger charge is 2.20. The fourth-order valence-corrected chi connectivity index (χ4v) is 2.53. The molecule has 7 heteroatoms. The Bertz CT molecular complexity index is 538. The Labute approximate surface area is 119 Å². The molecule has 0 saturated heterocycles. The van der Waals surface area contributed by atoms with E-state index >= 15 is 0 Å². The van der Waals surface area contributed by atoms with Gasteiger partial charge in [-0.05, 0) is 30.5 Å². The van der Waals surface area contributed by atoms with E-state index < -0.39 is 10.1 Å². The van der Waals surface area contributed by atoms with Crippen molar-refractivity contribution in [3.05, 3.63) is 23.3 Å². The van der Waals surface area contributed by atoms with E-state index in [1.54, 1.807) is 6.07 Å². The second-order valence-corrected chi connectivity index (χ2v) is 5.59. The lowest BCUT2D eigenvalue weighted by Crippen LogP contribution is -2.13. The molecule has 0 aliphatic rings. The number of aliphatic hydroxyl groups is 1. The molecule has 20 heavy (non-hydrogen) atoms. The van der Waals surface area contributed by atoms with Crippen LogP contribution in [-0.4, -0.2) is 44.5 Å². The SMILES string of the molecule is CCc1c(C)ccc(S(=O)(=O)O)c1OCCOCCO. The van der Waals surface area contributed by atoms with Crippen LogP contribution in [0.2, 0.25) is 0 Å². The number of hydrogen-bond acceptors (Lipinski definition) is 5. The van der Waals surface area contributed by atoms with Crippen molar-refractivity contribution in [1.82, 2.24) is 0 Å². The molecule has 0 radical (unpaired) electrons. The fourth-order valence-electron chi connectivity index (χ4n) is 1.87. The second-order valence-electron chi connectivity index (χ2n) is 4.20. The molecule has 0 aromatic heterocycles. The Hall–Kier alpha value is -1.15. The van der Waals surface area contributed by atoms with Gasteiger partial charge < -0.3 is 14.6 Å². The number of aryl methyl sites for hydroxylation is 1. The minimum Gasteiger partial charge on any atom is -0.489 e. The minimum atomic E-state index is -4.34. The minimum absolute atomic E-state index is 0.0824. The van der Waals surface area contributed by atoms with Crippen LogP contribution in [-0.2, 0) is 21.3 Å². The summed E-state index contributed by atoms with van der Waals surface area (Å²) in [4.78, 5) is -0.234. The normalized spacial score (nSPS) is 11.6. The lowest BCUT2D eigenvalue weighted by Gasteiger charge is -2.16. The van der Waals surface area contributed by atoms with Gasteiger partial charge in [0.05, 0.1) is 19.8 Å². The topological polar surface area (TPSA) is 93.1 Å². The lowest BCUT2D eigenvalue weighted by atomic mass is 10.1. The van der Waals surface area contributed by atoms with Crippen LogP contribution in [0, 0.1) is 6.92 Å². The van der Waals surface area contributed by atoms with Gasteiger partial charge >= 0.3 is 0 Å². The molecule has 0 spiro atoms. The van der Waals surface area contributed by atoms with E-state index in [0.29, 0.717) is 6.42 Å². The molecule has 0 heterocycles. The number of ether oxygens (including phenoxy) is 2. The first kappa shape index (κ1) is 16.9. The van der Waals surface area contributed by atoms with Crippen LogP contribution in [0.25, 0.3) is 0 Å². The quantitative estimate of drug-likeness (QED) is 0.553. The zero-order chi connectivity index (χ0) is 15.2. The van der Waals surface area contributed by atoms with Crippen LogP contribution in [0.5, 0.6) is 5.75 Å². The standard InChI is InChI=1S/C13H20O6S/c1-3-11-10(2)4-5-12(20(15,16)17)13(11)19-9-8-18-7-6-14/h4-5,14H,3,6-9H2,1-2H3,(H,15,16,17). The van der Waals surface area contributed by atoms with Gasteiger partial charge in [0.15, 0.2) is 0 Å². The molecule has 1 rings (SSSR count). The maximum Gasteiger partial charge on any atom is 0.298 e. The van der Waals surface area contributed by atoms with Gasteiger partial charge in [-0.25, -0.2) is 0 Å². The summed E-state index contributed by atoms with van der Waals surface area (Å²) in [7, 11) is -4.34. The molecule has 0 bridgehead atoms. The van der Waals surface area contributed by atoms with Crippen LogP contribution in [0.1, 0.15) is 18.1 Å². The largest absolute Gasteiger partial charge is 0.489 e. The molecule has 0 amide bonds. The molecule has 0 atom stereocenters. The average Bonchev–Trinajstić information content (AvgIpc) is 2.37. The molecule has 0 aliphatic carbocycles. The maximum absolute atomic E-state index is 11.4. The summed E-state index contributed by atoms with van der Waals surface area (Å²) in [5.74, 6) is 0.169. The van der Waals surface area contributed by atoms with Gasteiger partial charge in [0.1, 0.15) is 17.3 Å². The van der Waals surface area contributed by atoms with Crippen molar-refractivity contribution in [3.8, 4) is 5.75 Å². The Kier molecular flexibility index (Phi) is 6.41. The molecular weight excluding hydrogens is 284 g/mol. The van der Waals surface area contributed by atoms with Crippen LogP contribution in [0.15, 0.2) is 17.0 Å². The Morgan fingerprint density at radius 2 is 1.90 bits per heavy atom. The van der Waals surface area contributed by atoms with Gasteiger partial charge in [0, 0.05) is 0 Å². The molecule has 0 saturated carbocycles. The molecule has 114 valence electrons. The summed E-state index contributed by atoms with van der Waals surface area (Å²) >= 11 is 0. The Morgan fingerprint density at radius 1 is 1.20 bits per heavy atom. The molecule has 0 unspecified atom stereocenters. The van der Waals surface area contributed by atoms with Crippen LogP contribution < -0.4 is 4.74 Å². The van der Waals surface area contributed by atoms with Crippen LogP contribution in [0.4, 0.5) is 0 Å². The second kappa shape index (κ2) is 7.58. The highest BCUT2D eigenvalue weighted by atomic mass is 32.2. The molecule has 1 aromatic rings. The Balaban J connectivity index is 2.98. The van der Waals surface area contributed by atoms with Crippen molar-refractivity contribution in [2.75, 3.05) is 26.4 Å². The summed E-state index contributed by atoms with van der Waals surface area (Å²) in [5, 5.41) is 8.57. The third-order valence-corrected chi connectivity index (χ3v) is 3.68. The van der Waals surface area contributed by atoms with E-state index in [-0.39, 0.29) is 37.1 Å². The first-order chi connectivity index (χ1) is 9.41. The highest BCUT2D eigenvalue weighted by Crippen LogP contribution is 2.31. The summed E-state index contributed by atoms with van der Waals surface area (Å²) < 4.78 is 42.5. The van der Waals surface area contributed by atoms with Gasteiger partial charge in [-0.3, -0.25) is 4.55 Å². The van der Waals surface area contributed by atoms with E-state index in [1.165, 1.54) is 6.07 Å². The van der Waals surface area contributed by atoms with Crippen molar-refractivity contribution >= 4 is 10.1 Å². The molecule has 6 nitrogen and oxygen atoms in total. The van der Waals surface area contributed by atoms with E-state index in [0.717, 1.165) is 11.1 Å². The van der Waals surface area contributed by atoms with Gasteiger partial charge in [-0.1, -0.05) is 13.0 Å². The third-order valence-electron chi connectivity index (χ3n) is 2.80. The van der Waals surface area contributed by atoms with Gasteiger partial charge in [0.25, 0.3) is 10.1 Å². The van der Waals surface area contributed by atoms with Gasteiger partial charge in [0.2, 0.25) is 0 Å². The molecule has 0 fully saturated rings. The number of aliphatic hydroxyl groups excluding tert-OH is 1. The molecule has 2 N–H and O–H groups in total. The van der Waals surface area contributed by atoms with Crippen molar-refractivity contribution in [2.24, 2.45) is 0 Å². The number of benzene rings is 1. The van der Waals surface area contributed by atoms with E-state index in [4.69, 9.17) is 14.6 Å². The first-order valence-corrected chi connectivity index (χ1v) is 7.77. The van der Waals surface area contributed by atoms with Crippen LogP contribution >= 0.6 is 0 Å². The van der Waals surface area contributed by atoms with Crippen molar-refractivity contribution < 1.29 is 27.6 Å². The molecular formula is C13H20O6S.